The van der Waals surface area contributed by atoms with E-state index in [1.54, 1.807) is 24.5 Å². The second-order valence-electron chi connectivity index (χ2n) is 10.4. The van der Waals surface area contributed by atoms with Crippen molar-refractivity contribution in [1.29, 1.82) is 0 Å². The van der Waals surface area contributed by atoms with E-state index in [1.165, 1.54) is 6.42 Å². The molecule has 222 valence electrons. The molecular weight excluding hydrogens is 562 g/mol. The monoisotopic (exact) mass is 601 g/mol. The molecular formula is C29H40ClN7O3S. The van der Waals surface area contributed by atoms with Crippen LogP contribution >= 0.6 is 11.6 Å². The van der Waals surface area contributed by atoms with E-state index in [2.05, 4.69) is 20.6 Å². The Morgan fingerprint density at radius 3 is 2.49 bits per heavy atom. The van der Waals surface area contributed by atoms with Gasteiger partial charge in [0.1, 0.15) is 22.6 Å². The number of benzene rings is 1. The average Bonchev–Trinajstić information content (AvgIpc) is 3.22. The van der Waals surface area contributed by atoms with Gasteiger partial charge in [0.2, 0.25) is 0 Å². The zero-order valence-electron chi connectivity index (χ0n) is 24.1. The predicted molar refractivity (Wildman–Crippen MR) is 166 cm³/mol. The average molecular weight is 602 g/mol. The van der Waals surface area contributed by atoms with E-state index in [4.69, 9.17) is 26.4 Å². The first kappa shape index (κ1) is 29.6. The van der Waals surface area contributed by atoms with Crippen LogP contribution in [0.5, 0.6) is 0 Å². The number of halogens is 1. The van der Waals surface area contributed by atoms with Gasteiger partial charge in [0, 0.05) is 56.1 Å². The first-order valence-electron chi connectivity index (χ1n) is 14.7. The molecule has 1 aromatic carbocycles. The topological polar surface area (TPSA) is 95.3 Å². The minimum absolute atomic E-state index is 0.142. The number of amides is 1. The first-order chi connectivity index (χ1) is 20.0. The number of rotatable bonds is 6. The number of morpholine rings is 1. The second-order valence-corrected chi connectivity index (χ2v) is 11.9. The summed E-state index contributed by atoms with van der Waals surface area (Å²) >= 11 is 6.31. The van der Waals surface area contributed by atoms with Crippen molar-refractivity contribution in [2.24, 2.45) is 0 Å². The third kappa shape index (κ3) is 6.47. The molecule has 3 aliphatic rings. The number of carbonyl (C=O) groups is 1. The van der Waals surface area contributed by atoms with Gasteiger partial charge in [0.15, 0.2) is 5.65 Å². The van der Waals surface area contributed by atoms with Crippen LogP contribution < -0.4 is 14.5 Å². The van der Waals surface area contributed by atoms with E-state index in [-0.39, 0.29) is 11.9 Å². The van der Waals surface area contributed by atoms with Crippen LogP contribution in [0.1, 0.15) is 68.0 Å². The highest BCUT2D eigenvalue weighted by Gasteiger charge is 2.32. The lowest BCUT2D eigenvalue weighted by Crippen LogP contribution is -2.40. The van der Waals surface area contributed by atoms with Gasteiger partial charge in [-0.2, -0.15) is 9.61 Å². The Kier molecular flexibility index (Phi) is 9.67. The van der Waals surface area contributed by atoms with Crippen molar-refractivity contribution in [2.45, 2.75) is 52.0 Å². The molecule has 2 atom stereocenters. The third-order valence-electron chi connectivity index (χ3n) is 7.75. The highest BCUT2D eigenvalue weighted by Crippen LogP contribution is 2.35. The lowest BCUT2D eigenvalue weighted by molar-refractivity contribution is 0.0678. The number of fused-ring (bicyclic) bond motifs is 1. The molecule has 5 heterocycles. The summed E-state index contributed by atoms with van der Waals surface area (Å²) in [5.74, 6) is 1.84. The number of likely N-dealkylation sites (tertiary alicyclic amines) is 1. The van der Waals surface area contributed by atoms with Crippen molar-refractivity contribution < 1.29 is 13.7 Å². The number of hydrogen-bond acceptors (Lipinski definition) is 7. The Bertz CT molecular complexity index is 1390. The maximum atomic E-state index is 14.1. The zero-order chi connectivity index (χ0) is 28.9. The van der Waals surface area contributed by atoms with Gasteiger partial charge in [-0.15, -0.1) is 0 Å². The van der Waals surface area contributed by atoms with Crippen molar-refractivity contribution in [3.63, 3.8) is 0 Å². The first-order valence-corrected chi connectivity index (χ1v) is 16.6. The van der Waals surface area contributed by atoms with Crippen LogP contribution in [0.3, 0.4) is 0 Å². The predicted octanol–water partition coefficient (Wildman–Crippen LogP) is 4.92. The number of ether oxygens (including phenoxy) is 1. The van der Waals surface area contributed by atoms with E-state index >= 15 is 0 Å². The molecule has 3 aliphatic heterocycles. The largest absolute Gasteiger partial charge is 0.378 e. The number of anilines is 3. The van der Waals surface area contributed by atoms with Gasteiger partial charge in [-0.25, -0.2) is 9.19 Å². The van der Waals surface area contributed by atoms with Crippen molar-refractivity contribution in [2.75, 3.05) is 66.7 Å². The summed E-state index contributed by atoms with van der Waals surface area (Å²) in [5, 5.41) is 5.54. The minimum atomic E-state index is -1.33. The molecule has 0 bridgehead atoms. The van der Waals surface area contributed by atoms with E-state index in [0.717, 1.165) is 74.8 Å². The Morgan fingerprint density at radius 2 is 1.78 bits per heavy atom. The van der Waals surface area contributed by atoms with Gasteiger partial charge in [0.05, 0.1) is 36.2 Å². The summed E-state index contributed by atoms with van der Waals surface area (Å²) in [6, 6.07) is 9.04. The van der Waals surface area contributed by atoms with Crippen LogP contribution in [-0.2, 0) is 15.7 Å². The lowest BCUT2D eigenvalue weighted by Gasteiger charge is -2.34. The summed E-state index contributed by atoms with van der Waals surface area (Å²) in [7, 11) is -1.33. The fourth-order valence-electron chi connectivity index (χ4n) is 5.60. The Hall–Kier alpha value is -2.89. The fourth-order valence-corrected chi connectivity index (χ4v) is 6.26. The van der Waals surface area contributed by atoms with Crippen molar-refractivity contribution in [3.8, 4) is 0 Å². The van der Waals surface area contributed by atoms with E-state index < -0.39 is 11.0 Å². The van der Waals surface area contributed by atoms with E-state index in [9.17, 15) is 9.00 Å². The highest BCUT2D eigenvalue weighted by atomic mass is 35.5. The molecule has 2 aromatic heterocycles. The van der Waals surface area contributed by atoms with Crippen LogP contribution in [0.25, 0.3) is 5.65 Å². The molecule has 0 spiro atoms. The fraction of sp³-hybridized carbons (Fsp3) is 0.552. The van der Waals surface area contributed by atoms with Crippen LogP contribution in [0.2, 0.25) is 5.02 Å². The van der Waals surface area contributed by atoms with E-state index in [0.29, 0.717) is 36.0 Å². The van der Waals surface area contributed by atoms with Crippen LogP contribution in [0.4, 0.5) is 17.3 Å². The summed E-state index contributed by atoms with van der Waals surface area (Å²) in [6.07, 6.45) is 6.49. The third-order valence-corrected chi connectivity index (χ3v) is 8.49. The number of nitrogens with one attached hydrogen (secondary N) is 1. The van der Waals surface area contributed by atoms with Crippen molar-refractivity contribution in [3.05, 3.63) is 46.6 Å². The summed E-state index contributed by atoms with van der Waals surface area (Å²) in [4.78, 5) is 25.6. The summed E-state index contributed by atoms with van der Waals surface area (Å²) < 4.78 is 22.4. The molecule has 41 heavy (non-hydrogen) atoms. The number of aromatic nitrogens is 3. The Morgan fingerprint density at radius 1 is 1.00 bits per heavy atom. The molecule has 3 fully saturated rings. The maximum absolute atomic E-state index is 14.1. The molecule has 0 aliphatic carbocycles. The Balaban J connectivity index is 0.00000165. The molecule has 0 saturated carbocycles. The molecule has 2 unspecified atom stereocenters. The standard InChI is InChI=1S/C27H34ClN7O3S.C2H6/c1-39(37)31-21-8-7-19(28)16-20(21)27(36)34-11-4-2-3-6-23(34)22-17-25-29-24(32-9-5-10-32)18-26(35(25)30-22)33-12-14-38-15-13-33;1-2/h7-8,16-18,23,31H,2-6,9-15H2,1H3;1-2H3. The molecule has 12 heteroatoms. The van der Waals surface area contributed by atoms with Gasteiger partial charge in [-0.05, 0) is 37.5 Å². The van der Waals surface area contributed by atoms with Crippen molar-refractivity contribution in [1.82, 2.24) is 19.5 Å². The van der Waals surface area contributed by atoms with Gasteiger partial charge in [-0.1, -0.05) is 38.3 Å². The zero-order valence-corrected chi connectivity index (χ0v) is 25.7. The molecule has 6 rings (SSSR count). The smallest absolute Gasteiger partial charge is 0.256 e. The highest BCUT2D eigenvalue weighted by molar-refractivity contribution is 7.85. The normalized spacial score (nSPS) is 20.1. The second kappa shape index (κ2) is 13.4. The molecule has 1 N–H and O–H groups in total. The Labute approximate surface area is 249 Å². The van der Waals surface area contributed by atoms with Crippen molar-refractivity contribution >= 4 is 51.5 Å². The van der Waals surface area contributed by atoms with Crippen LogP contribution in [-0.4, -0.2) is 81.8 Å². The van der Waals surface area contributed by atoms with Gasteiger partial charge < -0.3 is 24.2 Å². The molecule has 10 nitrogen and oxygen atoms in total. The molecule has 3 saturated heterocycles. The van der Waals surface area contributed by atoms with Crippen LogP contribution in [0, 0.1) is 0 Å². The molecule has 1 amide bonds. The lowest BCUT2D eigenvalue weighted by atomic mass is 10.0. The number of carbonyl (C=O) groups excluding carboxylic acids is 1. The maximum Gasteiger partial charge on any atom is 0.256 e. The van der Waals surface area contributed by atoms with Gasteiger partial charge in [-0.3, -0.25) is 4.79 Å². The molecule has 0 radical (unpaired) electrons. The SMILES string of the molecule is CC.CS(=O)Nc1ccc(Cl)cc1C(=O)N1CCCCCC1c1cc2nc(N3CCC3)cc(N3CCOCC3)n2n1. The number of hydrogen-bond donors (Lipinski definition) is 1. The summed E-state index contributed by atoms with van der Waals surface area (Å²) in [6.45, 7) is 9.59. The van der Waals surface area contributed by atoms with Crippen LogP contribution in [0.15, 0.2) is 30.3 Å². The number of nitrogens with zero attached hydrogens (tertiary/aromatic N) is 6. The van der Waals surface area contributed by atoms with E-state index in [1.807, 2.05) is 29.3 Å². The van der Waals surface area contributed by atoms with Gasteiger partial charge in [0.25, 0.3) is 5.91 Å². The summed E-state index contributed by atoms with van der Waals surface area (Å²) in [5.41, 5.74) is 2.56. The molecule has 3 aromatic rings. The minimum Gasteiger partial charge on any atom is -0.378 e. The quantitative estimate of drug-likeness (QED) is 0.428. The van der Waals surface area contributed by atoms with Gasteiger partial charge >= 0.3 is 0 Å².